The maximum atomic E-state index is 13.3. The van der Waals surface area contributed by atoms with Gasteiger partial charge in [0.05, 0.1) is 9.79 Å². The molecule has 0 fully saturated rings. The van der Waals surface area contributed by atoms with Crippen LogP contribution < -0.4 is 29.5 Å². The van der Waals surface area contributed by atoms with Crippen molar-refractivity contribution < 1.29 is 60.0 Å². The summed E-state index contributed by atoms with van der Waals surface area (Å²) in [5.41, 5.74) is 7.09. The van der Waals surface area contributed by atoms with E-state index in [1.165, 1.54) is 36.9 Å². The Labute approximate surface area is 495 Å². The van der Waals surface area contributed by atoms with E-state index >= 15 is 0 Å². The molecule has 2 aromatic heterocycles. The predicted octanol–water partition coefficient (Wildman–Crippen LogP) is 16.0. The number of hydrogen-bond donors (Lipinski definition) is 1. The number of benzene rings is 8. The van der Waals surface area contributed by atoms with Gasteiger partial charge in [-0.3, -0.25) is 0 Å². The average Bonchev–Trinajstić information content (AvgIpc) is 4.12. The van der Waals surface area contributed by atoms with E-state index in [0.717, 1.165) is 45.8 Å². The normalized spacial score (nSPS) is 12.0. The molecule has 12 rings (SSSR count). The molecule has 0 saturated carbocycles. The third-order valence-electron chi connectivity index (χ3n) is 11.6. The maximum absolute atomic E-state index is 13.3. The Morgan fingerprint density at radius 1 is 0.525 bits per heavy atom. The number of fused-ring (bicyclic) bond motifs is 2. The third kappa shape index (κ3) is 15.0. The van der Waals surface area contributed by atoms with Crippen LogP contribution in [0.3, 0.4) is 0 Å². The first-order chi connectivity index (χ1) is 38.3. The molecule has 14 nitrogen and oxygen atoms in total. The Morgan fingerprint density at radius 3 is 1.52 bits per heavy atom. The first-order valence-corrected chi connectivity index (χ1v) is 26.0. The van der Waals surface area contributed by atoms with Gasteiger partial charge in [0.1, 0.15) is 34.6 Å². The second-order valence-electron chi connectivity index (χ2n) is 17.0. The van der Waals surface area contributed by atoms with Crippen LogP contribution in [-0.4, -0.2) is 38.1 Å². The van der Waals surface area contributed by atoms with Gasteiger partial charge in [-0.2, -0.15) is 74.0 Å². The molecule has 0 spiro atoms. The molecule has 0 saturated heterocycles. The minimum Gasteiger partial charge on any atom is -0.513 e. The van der Waals surface area contributed by atoms with Crippen LogP contribution in [0.25, 0.3) is 10.6 Å². The molecular weight excluding hydrogens is 1380 g/mol. The molecule has 8 aromatic carbocycles. The van der Waals surface area contributed by atoms with Crippen molar-refractivity contribution in [3.05, 3.63) is 279 Å². The number of rotatable bonds is 14. The third-order valence-corrected chi connectivity index (χ3v) is 13.4. The van der Waals surface area contributed by atoms with Crippen LogP contribution in [0.5, 0.6) is 23.0 Å². The molecule has 406 valence electrons. The van der Waals surface area contributed by atoms with Crippen LogP contribution in [0, 0.1) is 25.5 Å². The van der Waals surface area contributed by atoms with Gasteiger partial charge in [0.25, 0.3) is 0 Å². The van der Waals surface area contributed by atoms with Gasteiger partial charge >= 0.3 is 0 Å². The van der Waals surface area contributed by atoms with Gasteiger partial charge in [0, 0.05) is 65.9 Å². The number of ether oxygens (including phenoxy) is 2. The van der Waals surface area contributed by atoms with Crippen LogP contribution in [0.4, 0.5) is 57.1 Å². The molecular formula is C63H48N10O4Pt2S-6. The van der Waals surface area contributed by atoms with E-state index in [1.807, 2.05) is 188 Å². The number of nitrogens with one attached hydrogen (secondary N) is 1. The zero-order chi connectivity index (χ0) is 53.4. The predicted molar refractivity (Wildman–Crippen MR) is 311 cm³/mol. The van der Waals surface area contributed by atoms with Crippen LogP contribution in [0.15, 0.2) is 263 Å². The molecule has 80 heavy (non-hydrogen) atoms. The second kappa shape index (κ2) is 28.1. The average molecular weight is 1430 g/mol. The Morgan fingerprint density at radius 2 is 1.01 bits per heavy atom. The Hall–Kier alpha value is -8.87. The summed E-state index contributed by atoms with van der Waals surface area (Å²) in [5, 5.41) is 11.9. The van der Waals surface area contributed by atoms with Crippen LogP contribution >= 0.6 is 0 Å². The van der Waals surface area contributed by atoms with E-state index in [4.69, 9.17) is 9.47 Å². The molecule has 0 atom stereocenters. The molecule has 17 heteroatoms. The van der Waals surface area contributed by atoms with Crippen LogP contribution in [-0.2, 0) is 52.0 Å². The van der Waals surface area contributed by atoms with E-state index in [0.29, 0.717) is 34.4 Å². The van der Waals surface area contributed by atoms with Gasteiger partial charge in [-0.05, 0) is 127 Å². The molecule has 0 radical (unpaired) electrons. The molecule has 2 aliphatic rings. The van der Waals surface area contributed by atoms with E-state index < -0.39 is 9.84 Å². The number of anilines is 6. The smallest absolute Gasteiger partial charge is 0.206 e. The number of nitrogens with zero attached hydrogens (tertiary/aromatic N) is 9. The van der Waals surface area contributed by atoms with E-state index in [1.54, 1.807) is 54.7 Å². The molecule has 0 unspecified atom stereocenters. The van der Waals surface area contributed by atoms with Gasteiger partial charge in [0.15, 0.2) is 0 Å². The summed E-state index contributed by atoms with van der Waals surface area (Å²) in [4.78, 5) is 23.7. The molecule has 10 aromatic rings. The van der Waals surface area contributed by atoms with Crippen molar-refractivity contribution in [2.24, 2.45) is 9.98 Å². The molecule has 0 amide bonds. The quantitative estimate of drug-likeness (QED) is 0.0632. The van der Waals surface area contributed by atoms with Crippen molar-refractivity contribution in [1.29, 1.82) is 0 Å². The second-order valence-corrected chi connectivity index (χ2v) is 19.0. The van der Waals surface area contributed by atoms with E-state index in [9.17, 15) is 8.42 Å². The maximum Gasteiger partial charge on any atom is 0.206 e. The van der Waals surface area contributed by atoms with Crippen molar-refractivity contribution in [1.82, 2.24) is 9.97 Å². The molecule has 0 aliphatic carbocycles. The minimum atomic E-state index is -3.77. The van der Waals surface area contributed by atoms with Crippen LogP contribution in [0.1, 0.15) is 0 Å². The Kier molecular flexibility index (Phi) is 20.2. The number of sulfone groups is 1. The monoisotopic (exact) mass is 1430 g/mol. The molecule has 0 bridgehead atoms. The van der Waals surface area contributed by atoms with Crippen molar-refractivity contribution in [2.75, 3.05) is 27.1 Å². The Bertz CT molecular complexity index is 3580. The zero-order valence-electron chi connectivity index (χ0n) is 42.6. The standard InChI is InChI=1S/C38H28N4O4S.C13H11N3.C12H9N3.2Pt/c43-47(44,37-21-17-33(18-22-37)45-35-15-7-13-31(25-35)41-27-39-29-9-3-1-4-10-29)38-23-19-34(20-24-38)46-36-16-8-14-32(26-36)42-28-40-30-11-5-2-6-12-30;1-15-10-16(11-6-3-2-4-7-11)13-12(15)8-5-9-14-13;1-2-5-10(6-3-1)15-9-14-11-7-4-8-13-12(11)15;;/h1-28H;2-6,8-10H,1H3;1-5,7-9,14H;;/q3*-2;;. The molecule has 1 N–H and O–H groups in total. The number of aliphatic imine (C=N–C) groups is 2. The zero-order valence-corrected chi connectivity index (χ0v) is 48.0. The topological polar surface area (TPSA) is 153 Å². The summed E-state index contributed by atoms with van der Waals surface area (Å²) >= 11 is 0. The fourth-order valence-corrected chi connectivity index (χ4v) is 9.11. The first kappa shape index (κ1) is 57.3. The van der Waals surface area contributed by atoms with Crippen molar-refractivity contribution in [3.63, 3.8) is 0 Å². The van der Waals surface area contributed by atoms with Gasteiger partial charge in [0.2, 0.25) is 9.84 Å². The van der Waals surface area contributed by atoms with Gasteiger partial charge in [-0.25, -0.2) is 18.4 Å². The van der Waals surface area contributed by atoms with Crippen LogP contribution in [0.2, 0.25) is 0 Å². The fourth-order valence-electron chi connectivity index (χ4n) is 7.85. The SMILES string of the molecule is CN1[CH-]N(c2[c-]cccc2)c2ncccc21.O=S(=O)(c1ccc(Oc2cccc([N-]C=Nc3ccccc3)c2)cc1)c1ccc(Oc2cccc([N-]C=Nc3ccccc3)c2)cc1.[Pt].[Pt].[c-]1ccccc1N1[CH-]Nc2cccnc21. The Balaban J connectivity index is 0.000000205. The van der Waals surface area contributed by atoms with Gasteiger partial charge in [-0.1, -0.05) is 97.6 Å². The van der Waals surface area contributed by atoms with E-state index in [-0.39, 0.29) is 51.9 Å². The molecule has 4 heterocycles. The van der Waals surface area contributed by atoms with Gasteiger partial charge < -0.3 is 50.1 Å². The summed E-state index contributed by atoms with van der Waals surface area (Å²) < 4.78 is 38.6. The van der Waals surface area contributed by atoms with E-state index in [2.05, 4.69) is 59.0 Å². The largest absolute Gasteiger partial charge is 0.513 e. The number of pyridine rings is 2. The number of para-hydroxylation sites is 4. The fraction of sp³-hybridized carbons (Fsp3) is 0.0159. The summed E-state index contributed by atoms with van der Waals surface area (Å²) in [6, 6.07) is 76.1. The summed E-state index contributed by atoms with van der Waals surface area (Å²) in [6.45, 7) is 3.91. The summed E-state index contributed by atoms with van der Waals surface area (Å²) in [6.07, 6.45) is 6.58. The number of aromatic nitrogens is 2. The van der Waals surface area contributed by atoms with Crippen molar-refractivity contribution in [3.8, 4) is 23.0 Å². The first-order valence-electron chi connectivity index (χ1n) is 24.5. The summed E-state index contributed by atoms with van der Waals surface area (Å²) in [5.74, 6) is 3.97. The number of hydrogen-bond acceptors (Lipinski definition) is 12. The minimum absolute atomic E-state index is 0. The van der Waals surface area contributed by atoms with Crippen molar-refractivity contribution in [2.45, 2.75) is 9.79 Å². The van der Waals surface area contributed by atoms with Gasteiger partial charge in [-0.15, -0.1) is 11.4 Å². The van der Waals surface area contributed by atoms with Crippen molar-refractivity contribution >= 4 is 79.6 Å². The molecule has 2 aliphatic heterocycles. The summed E-state index contributed by atoms with van der Waals surface area (Å²) in [7, 11) is -1.75.